The first-order valence-corrected chi connectivity index (χ1v) is 14.6. The molecule has 0 aromatic heterocycles. The molecule has 3 aromatic rings. The number of aryl methyl sites for hydroxylation is 1. The summed E-state index contributed by atoms with van der Waals surface area (Å²) in [6, 6.07) is 15.1. The summed E-state index contributed by atoms with van der Waals surface area (Å²) in [6.07, 6.45) is -4.09. The van der Waals surface area contributed by atoms with E-state index in [0.717, 1.165) is 17.7 Å². The molecular weight excluding hydrogens is 579 g/mol. The monoisotopic (exact) mass is 609 g/mol. The summed E-state index contributed by atoms with van der Waals surface area (Å²) in [5, 5.41) is 3.11. The zero-order chi connectivity index (χ0) is 30.4. The number of anilines is 1. The maximum Gasteiger partial charge on any atom is 0.416 e. The van der Waals surface area contributed by atoms with Crippen LogP contribution in [0.5, 0.6) is 0 Å². The predicted octanol–water partition coefficient (Wildman–Crippen LogP) is 5.81. The third kappa shape index (κ3) is 8.23. The van der Waals surface area contributed by atoms with Crippen LogP contribution in [0, 0.1) is 6.92 Å². The molecule has 0 saturated carbocycles. The SMILES string of the molecule is CCCNC(=O)[C@@H](C)N(Cc1cccc(Cl)c1)C(=O)CN(c1cccc(C(F)(F)F)c1)S(=O)(=O)c1ccc(C)cc1. The minimum Gasteiger partial charge on any atom is -0.354 e. The van der Waals surface area contributed by atoms with E-state index in [1.165, 1.54) is 30.0 Å². The second-order valence-electron chi connectivity index (χ2n) is 9.49. The molecule has 0 saturated heterocycles. The van der Waals surface area contributed by atoms with Crippen molar-refractivity contribution < 1.29 is 31.2 Å². The van der Waals surface area contributed by atoms with Gasteiger partial charge in [0.25, 0.3) is 10.0 Å². The number of rotatable bonds is 11. The number of hydrogen-bond donors (Lipinski definition) is 1. The number of sulfonamides is 1. The van der Waals surface area contributed by atoms with E-state index < -0.39 is 46.2 Å². The summed E-state index contributed by atoms with van der Waals surface area (Å²) in [4.78, 5) is 27.7. The molecule has 1 atom stereocenters. The minimum absolute atomic E-state index is 0.0961. The second kappa shape index (κ2) is 13.4. The molecule has 2 amide bonds. The van der Waals surface area contributed by atoms with Crippen LogP contribution in [-0.4, -0.2) is 44.3 Å². The molecule has 0 heterocycles. The normalized spacial score (nSPS) is 12.5. The Morgan fingerprint density at radius 3 is 2.27 bits per heavy atom. The third-order valence-electron chi connectivity index (χ3n) is 6.31. The fourth-order valence-electron chi connectivity index (χ4n) is 4.01. The molecule has 220 valence electrons. The Morgan fingerprint density at radius 1 is 1.00 bits per heavy atom. The van der Waals surface area contributed by atoms with Gasteiger partial charge in [0.2, 0.25) is 11.8 Å². The third-order valence-corrected chi connectivity index (χ3v) is 8.33. The van der Waals surface area contributed by atoms with Crippen molar-refractivity contribution in [3.8, 4) is 0 Å². The molecule has 0 radical (unpaired) electrons. The molecule has 0 aliphatic heterocycles. The van der Waals surface area contributed by atoms with Crippen molar-refractivity contribution in [3.05, 3.63) is 94.5 Å². The largest absolute Gasteiger partial charge is 0.416 e. The smallest absolute Gasteiger partial charge is 0.354 e. The first-order chi connectivity index (χ1) is 19.2. The van der Waals surface area contributed by atoms with Crippen LogP contribution in [0.2, 0.25) is 5.02 Å². The van der Waals surface area contributed by atoms with Crippen LogP contribution in [0.4, 0.5) is 18.9 Å². The van der Waals surface area contributed by atoms with Gasteiger partial charge in [-0.2, -0.15) is 13.2 Å². The number of carbonyl (C=O) groups is 2. The lowest BCUT2D eigenvalue weighted by Crippen LogP contribution is -2.51. The van der Waals surface area contributed by atoms with E-state index >= 15 is 0 Å². The van der Waals surface area contributed by atoms with Crippen molar-refractivity contribution in [3.63, 3.8) is 0 Å². The van der Waals surface area contributed by atoms with Gasteiger partial charge in [-0.15, -0.1) is 0 Å². The molecule has 1 N–H and O–H groups in total. The summed E-state index contributed by atoms with van der Waals surface area (Å²) in [5.41, 5.74) is -0.0764. The topological polar surface area (TPSA) is 86.8 Å². The zero-order valence-corrected chi connectivity index (χ0v) is 24.4. The van der Waals surface area contributed by atoms with Crippen LogP contribution in [0.1, 0.15) is 37.0 Å². The lowest BCUT2D eigenvalue weighted by Gasteiger charge is -2.32. The van der Waals surface area contributed by atoms with Gasteiger partial charge < -0.3 is 10.2 Å². The summed E-state index contributed by atoms with van der Waals surface area (Å²) in [5.74, 6) is -1.26. The van der Waals surface area contributed by atoms with Gasteiger partial charge in [0, 0.05) is 18.1 Å². The Balaban J connectivity index is 2.08. The average molecular weight is 610 g/mol. The van der Waals surface area contributed by atoms with E-state index in [1.807, 2.05) is 6.92 Å². The Labute approximate surface area is 243 Å². The number of carbonyl (C=O) groups excluding carboxylic acids is 2. The van der Waals surface area contributed by atoms with Gasteiger partial charge >= 0.3 is 6.18 Å². The number of benzene rings is 3. The molecule has 41 heavy (non-hydrogen) atoms. The van der Waals surface area contributed by atoms with Crippen LogP contribution in [0.25, 0.3) is 0 Å². The quantitative estimate of drug-likeness (QED) is 0.297. The van der Waals surface area contributed by atoms with E-state index in [2.05, 4.69) is 5.32 Å². The van der Waals surface area contributed by atoms with Crippen LogP contribution in [0.3, 0.4) is 0 Å². The second-order valence-corrected chi connectivity index (χ2v) is 11.8. The van der Waals surface area contributed by atoms with Crippen LogP contribution >= 0.6 is 11.6 Å². The van der Waals surface area contributed by atoms with Crippen molar-refractivity contribution in [1.82, 2.24) is 10.2 Å². The predicted molar refractivity (Wildman–Crippen MR) is 152 cm³/mol. The lowest BCUT2D eigenvalue weighted by molar-refractivity contribution is -0.139. The summed E-state index contributed by atoms with van der Waals surface area (Å²) < 4.78 is 68.9. The van der Waals surface area contributed by atoms with E-state index in [0.29, 0.717) is 33.9 Å². The molecule has 0 unspecified atom stereocenters. The molecule has 7 nitrogen and oxygen atoms in total. The molecule has 0 bridgehead atoms. The van der Waals surface area contributed by atoms with Gasteiger partial charge in [-0.1, -0.05) is 54.4 Å². The van der Waals surface area contributed by atoms with Gasteiger partial charge in [-0.25, -0.2) is 8.42 Å². The highest BCUT2D eigenvalue weighted by molar-refractivity contribution is 7.92. The number of amides is 2. The Morgan fingerprint density at radius 2 is 1.66 bits per heavy atom. The maximum atomic E-state index is 13.8. The van der Waals surface area contributed by atoms with Gasteiger partial charge in [0.05, 0.1) is 16.1 Å². The molecule has 3 aromatic carbocycles. The number of alkyl halides is 3. The molecule has 0 fully saturated rings. The van der Waals surface area contributed by atoms with E-state index in [4.69, 9.17) is 11.6 Å². The Hall–Kier alpha value is -3.57. The van der Waals surface area contributed by atoms with Crippen molar-refractivity contribution in [2.24, 2.45) is 0 Å². The van der Waals surface area contributed by atoms with Crippen molar-refractivity contribution in [1.29, 1.82) is 0 Å². The fourth-order valence-corrected chi connectivity index (χ4v) is 5.63. The van der Waals surface area contributed by atoms with E-state index in [1.54, 1.807) is 43.3 Å². The standard InChI is InChI=1S/C29H31ClF3N3O4S/c1-4-15-34-28(38)21(3)35(18-22-7-5-9-24(30)16-22)27(37)19-36(25-10-6-8-23(17-25)29(31,32)33)41(39,40)26-13-11-20(2)12-14-26/h5-14,16-17,21H,4,15,18-19H2,1-3H3,(H,34,38)/t21-/m1/s1. The highest BCUT2D eigenvalue weighted by atomic mass is 35.5. The fraction of sp³-hybridized carbons (Fsp3) is 0.310. The van der Waals surface area contributed by atoms with Gasteiger partial charge in [0.1, 0.15) is 12.6 Å². The van der Waals surface area contributed by atoms with E-state index in [9.17, 15) is 31.2 Å². The Bertz CT molecular complexity index is 1480. The molecule has 0 aliphatic carbocycles. The number of nitrogens with one attached hydrogen (secondary N) is 1. The van der Waals surface area contributed by atoms with Crippen molar-refractivity contribution in [2.45, 2.75) is 50.9 Å². The number of nitrogens with zero attached hydrogens (tertiary/aromatic N) is 2. The molecule has 12 heteroatoms. The van der Waals surface area contributed by atoms with Gasteiger partial charge in [0.15, 0.2) is 0 Å². The highest BCUT2D eigenvalue weighted by Gasteiger charge is 2.35. The van der Waals surface area contributed by atoms with Crippen LogP contribution in [-0.2, 0) is 32.3 Å². The van der Waals surface area contributed by atoms with E-state index in [-0.39, 0.29) is 17.1 Å². The van der Waals surface area contributed by atoms with Crippen molar-refractivity contribution >= 4 is 39.1 Å². The lowest BCUT2D eigenvalue weighted by atomic mass is 10.1. The number of halogens is 4. The van der Waals surface area contributed by atoms with Crippen LogP contribution in [0.15, 0.2) is 77.7 Å². The van der Waals surface area contributed by atoms with Gasteiger partial charge in [-0.3, -0.25) is 13.9 Å². The van der Waals surface area contributed by atoms with Crippen molar-refractivity contribution in [2.75, 3.05) is 17.4 Å². The average Bonchev–Trinajstić information content (AvgIpc) is 2.92. The highest BCUT2D eigenvalue weighted by Crippen LogP contribution is 2.33. The maximum absolute atomic E-state index is 13.8. The van der Waals surface area contributed by atoms with Gasteiger partial charge in [-0.05, 0) is 68.3 Å². The zero-order valence-electron chi connectivity index (χ0n) is 22.8. The number of hydrogen-bond acceptors (Lipinski definition) is 4. The summed E-state index contributed by atoms with van der Waals surface area (Å²) >= 11 is 6.11. The van der Waals surface area contributed by atoms with Crippen LogP contribution < -0.4 is 9.62 Å². The molecule has 3 rings (SSSR count). The first-order valence-electron chi connectivity index (χ1n) is 12.8. The minimum atomic E-state index is -4.75. The first kappa shape index (κ1) is 32.0. The summed E-state index contributed by atoms with van der Waals surface area (Å²) in [7, 11) is -4.50. The Kier molecular flexibility index (Phi) is 10.4. The molecular formula is C29H31ClF3N3O4S. The summed E-state index contributed by atoms with van der Waals surface area (Å²) in [6.45, 7) is 4.52. The molecule has 0 spiro atoms. The molecule has 0 aliphatic rings.